The standard InChI is InChI=1S/C14H16FNO/c1-10-5-7-16(8-6-10)14(17)12-9-11(2)3-4-13(12)15/h3-5,9H,6-8H2,1-2H3. The molecule has 0 atom stereocenters. The van der Waals surface area contributed by atoms with Crippen LogP contribution in [-0.4, -0.2) is 23.9 Å². The van der Waals surface area contributed by atoms with E-state index >= 15 is 0 Å². The van der Waals surface area contributed by atoms with Gasteiger partial charge in [-0.1, -0.05) is 23.3 Å². The number of rotatable bonds is 1. The van der Waals surface area contributed by atoms with E-state index in [1.165, 1.54) is 11.6 Å². The fourth-order valence-electron chi connectivity index (χ4n) is 1.93. The maximum absolute atomic E-state index is 13.6. The number of amides is 1. The van der Waals surface area contributed by atoms with Gasteiger partial charge in [-0.2, -0.15) is 0 Å². The van der Waals surface area contributed by atoms with Gasteiger partial charge in [-0.15, -0.1) is 0 Å². The number of carbonyl (C=O) groups excluding carboxylic acids is 1. The molecule has 17 heavy (non-hydrogen) atoms. The first-order valence-corrected chi connectivity index (χ1v) is 5.79. The number of nitrogens with zero attached hydrogens (tertiary/aromatic N) is 1. The van der Waals surface area contributed by atoms with Crippen LogP contribution in [0.25, 0.3) is 0 Å². The predicted molar refractivity (Wildman–Crippen MR) is 65.4 cm³/mol. The summed E-state index contributed by atoms with van der Waals surface area (Å²) in [6, 6.07) is 4.64. The lowest BCUT2D eigenvalue weighted by Gasteiger charge is -2.25. The first-order valence-electron chi connectivity index (χ1n) is 5.79. The predicted octanol–water partition coefficient (Wildman–Crippen LogP) is 2.93. The summed E-state index contributed by atoms with van der Waals surface area (Å²) in [7, 11) is 0. The molecule has 3 heteroatoms. The summed E-state index contributed by atoms with van der Waals surface area (Å²) in [6.07, 6.45) is 2.90. The quantitative estimate of drug-likeness (QED) is 0.683. The summed E-state index contributed by atoms with van der Waals surface area (Å²) >= 11 is 0. The van der Waals surface area contributed by atoms with Gasteiger partial charge in [-0.25, -0.2) is 4.39 Å². The van der Waals surface area contributed by atoms with Crippen LogP contribution >= 0.6 is 0 Å². The van der Waals surface area contributed by atoms with Crippen molar-refractivity contribution in [2.45, 2.75) is 20.3 Å². The molecule has 1 aliphatic heterocycles. The van der Waals surface area contributed by atoms with Crippen molar-refractivity contribution in [2.75, 3.05) is 13.1 Å². The Kier molecular flexibility index (Phi) is 3.27. The van der Waals surface area contributed by atoms with E-state index in [1.54, 1.807) is 17.0 Å². The molecule has 0 bridgehead atoms. The Morgan fingerprint density at radius 2 is 2.12 bits per heavy atom. The molecule has 1 heterocycles. The van der Waals surface area contributed by atoms with Gasteiger partial charge in [0.25, 0.3) is 5.91 Å². The van der Waals surface area contributed by atoms with E-state index in [2.05, 4.69) is 6.92 Å². The minimum Gasteiger partial charge on any atom is -0.335 e. The van der Waals surface area contributed by atoms with Crippen molar-refractivity contribution in [2.24, 2.45) is 0 Å². The van der Waals surface area contributed by atoms with Gasteiger partial charge in [0.15, 0.2) is 0 Å². The zero-order valence-corrected chi connectivity index (χ0v) is 10.2. The van der Waals surface area contributed by atoms with Gasteiger partial charge in [0.2, 0.25) is 0 Å². The minimum atomic E-state index is -0.438. The molecule has 0 N–H and O–H groups in total. The number of halogens is 1. The molecule has 2 rings (SSSR count). The van der Waals surface area contributed by atoms with Crippen molar-refractivity contribution in [3.05, 3.63) is 46.8 Å². The van der Waals surface area contributed by atoms with Crippen molar-refractivity contribution >= 4 is 5.91 Å². The smallest absolute Gasteiger partial charge is 0.257 e. The molecule has 0 aromatic heterocycles. The molecule has 90 valence electrons. The zero-order chi connectivity index (χ0) is 12.4. The second kappa shape index (κ2) is 4.70. The second-order valence-electron chi connectivity index (χ2n) is 4.53. The van der Waals surface area contributed by atoms with Crippen LogP contribution in [0.5, 0.6) is 0 Å². The van der Waals surface area contributed by atoms with E-state index in [4.69, 9.17) is 0 Å². The summed E-state index contributed by atoms with van der Waals surface area (Å²) in [6.45, 7) is 5.16. The molecule has 0 fully saturated rings. The fraction of sp³-hybridized carbons (Fsp3) is 0.357. The number of hydrogen-bond donors (Lipinski definition) is 0. The summed E-state index contributed by atoms with van der Waals surface area (Å²) in [5.41, 5.74) is 2.37. The molecular formula is C14H16FNO. The first kappa shape index (κ1) is 11.8. The van der Waals surface area contributed by atoms with E-state index < -0.39 is 5.82 Å². The highest BCUT2D eigenvalue weighted by molar-refractivity contribution is 5.94. The van der Waals surface area contributed by atoms with Crippen LogP contribution in [0.3, 0.4) is 0 Å². The normalized spacial score (nSPS) is 15.7. The molecule has 0 unspecified atom stereocenters. The van der Waals surface area contributed by atoms with Crippen LogP contribution in [0.4, 0.5) is 4.39 Å². The van der Waals surface area contributed by atoms with E-state index in [0.29, 0.717) is 13.1 Å². The Bertz CT molecular complexity index is 479. The Labute approximate surface area is 101 Å². The molecule has 2 nitrogen and oxygen atoms in total. The highest BCUT2D eigenvalue weighted by Crippen LogP contribution is 2.16. The van der Waals surface area contributed by atoms with E-state index in [0.717, 1.165) is 12.0 Å². The lowest BCUT2D eigenvalue weighted by atomic mass is 10.1. The van der Waals surface area contributed by atoms with E-state index in [9.17, 15) is 9.18 Å². The Morgan fingerprint density at radius 1 is 1.35 bits per heavy atom. The molecule has 1 amide bonds. The van der Waals surface area contributed by atoms with E-state index in [-0.39, 0.29) is 11.5 Å². The van der Waals surface area contributed by atoms with Crippen LogP contribution in [0.15, 0.2) is 29.8 Å². The average molecular weight is 233 g/mol. The van der Waals surface area contributed by atoms with Crippen LogP contribution in [-0.2, 0) is 0 Å². The second-order valence-corrected chi connectivity index (χ2v) is 4.53. The van der Waals surface area contributed by atoms with Crippen molar-refractivity contribution < 1.29 is 9.18 Å². The average Bonchev–Trinajstić information content (AvgIpc) is 2.32. The zero-order valence-electron chi connectivity index (χ0n) is 10.2. The van der Waals surface area contributed by atoms with Gasteiger partial charge >= 0.3 is 0 Å². The molecular weight excluding hydrogens is 217 g/mol. The maximum Gasteiger partial charge on any atom is 0.257 e. The van der Waals surface area contributed by atoms with Gasteiger partial charge in [-0.05, 0) is 32.4 Å². The SMILES string of the molecule is CC1=CCN(C(=O)c2cc(C)ccc2F)CC1. The van der Waals surface area contributed by atoms with Crippen molar-refractivity contribution in [1.29, 1.82) is 0 Å². The highest BCUT2D eigenvalue weighted by atomic mass is 19.1. The van der Waals surface area contributed by atoms with Gasteiger partial charge < -0.3 is 4.90 Å². The van der Waals surface area contributed by atoms with Crippen molar-refractivity contribution in [3.8, 4) is 0 Å². The van der Waals surface area contributed by atoms with Crippen molar-refractivity contribution in [3.63, 3.8) is 0 Å². The van der Waals surface area contributed by atoms with E-state index in [1.807, 2.05) is 13.0 Å². The monoisotopic (exact) mass is 233 g/mol. The number of carbonyl (C=O) groups is 1. The number of benzene rings is 1. The maximum atomic E-state index is 13.6. The summed E-state index contributed by atoms with van der Waals surface area (Å²) in [4.78, 5) is 13.8. The molecule has 0 spiro atoms. The number of aryl methyl sites for hydroxylation is 1. The molecule has 0 radical (unpaired) electrons. The minimum absolute atomic E-state index is 0.179. The summed E-state index contributed by atoms with van der Waals surface area (Å²) in [5.74, 6) is -0.651. The Balaban J connectivity index is 2.23. The molecule has 0 aliphatic carbocycles. The highest BCUT2D eigenvalue weighted by Gasteiger charge is 2.20. The molecule has 1 aromatic carbocycles. The third kappa shape index (κ3) is 2.54. The van der Waals surface area contributed by atoms with Crippen LogP contribution in [0.2, 0.25) is 0 Å². The van der Waals surface area contributed by atoms with Gasteiger partial charge in [0.1, 0.15) is 5.82 Å². The number of hydrogen-bond acceptors (Lipinski definition) is 1. The lowest BCUT2D eigenvalue weighted by Crippen LogP contribution is -2.35. The van der Waals surface area contributed by atoms with Gasteiger partial charge in [-0.3, -0.25) is 4.79 Å². The van der Waals surface area contributed by atoms with Gasteiger partial charge in [0.05, 0.1) is 5.56 Å². The Morgan fingerprint density at radius 3 is 2.76 bits per heavy atom. The lowest BCUT2D eigenvalue weighted by molar-refractivity contribution is 0.0764. The van der Waals surface area contributed by atoms with Gasteiger partial charge in [0, 0.05) is 13.1 Å². The van der Waals surface area contributed by atoms with Crippen LogP contribution in [0, 0.1) is 12.7 Å². The summed E-state index contributed by atoms with van der Waals surface area (Å²) < 4.78 is 13.6. The molecule has 1 aliphatic rings. The van der Waals surface area contributed by atoms with Crippen molar-refractivity contribution in [1.82, 2.24) is 4.90 Å². The van der Waals surface area contributed by atoms with Crippen LogP contribution in [0.1, 0.15) is 29.3 Å². The third-order valence-corrected chi connectivity index (χ3v) is 3.08. The molecule has 0 saturated carbocycles. The molecule has 0 saturated heterocycles. The summed E-state index contributed by atoms with van der Waals surface area (Å²) in [5, 5.41) is 0. The largest absolute Gasteiger partial charge is 0.335 e. The molecule has 1 aromatic rings. The first-order chi connectivity index (χ1) is 8.08. The topological polar surface area (TPSA) is 20.3 Å². The third-order valence-electron chi connectivity index (χ3n) is 3.08. The van der Waals surface area contributed by atoms with Crippen LogP contribution < -0.4 is 0 Å². The fourth-order valence-corrected chi connectivity index (χ4v) is 1.93. The Hall–Kier alpha value is -1.64.